The molecule has 1 atom stereocenters. The van der Waals surface area contributed by atoms with Gasteiger partial charge in [-0.15, -0.1) is 11.3 Å². The summed E-state index contributed by atoms with van der Waals surface area (Å²) in [6.07, 6.45) is 0.328. The van der Waals surface area contributed by atoms with Crippen molar-refractivity contribution in [2.24, 2.45) is 11.3 Å². The maximum Gasteiger partial charge on any atom is 0.236 e. The number of hydrogen-bond acceptors (Lipinski definition) is 3. The van der Waals surface area contributed by atoms with Crippen molar-refractivity contribution < 1.29 is 9.59 Å². The van der Waals surface area contributed by atoms with Gasteiger partial charge in [-0.3, -0.25) is 14.5 Å². The van der Waals surface area contributed by atoms with E-state index < -0.39 is 5.41 Å². The number of carbonyl (C=O) groups is 2. The van der Waals surface area contributed by atoms with Crippen LogP contribution in [0, 0.1) is 11.3 Å². The standard InChI is InChI=1S/C13H16BrNO2S/c1-8(2)13(3)5-11(16)15(12(13)17)6-9-4-10(14)18-7-9/h4,7-8H,5-6H2,1-3H3. The molecule has 1 aliphatic rings. The molecule has 1 saturated heterocycles. The Balaban J connectivity index is 2.20. The molecule has 2 rings (SSSR count). The molecule has 5 heteroatoms. The van der Waals surface area contributed by atoms with E-state index >= 15 is 0 Å². The highest BCUT2D eigenvalue weighted by Crippen LogP contribution is 2.40. The minimum absolute atomic E-state index is 0.0372. The molecule has 1 aromatic heterocycles. The largest absolute Gasteiger partial charge is 0.278 e. The van der Waals surface area contributed by atoms with Crippen molar-refractivity contribution in [2.45, 2.75) is 33.7 Å². The minimum Gasteiger partial charge on any atom is -0.278 e. The van der Waals surface area contributed by atoms with E-state index in [1.54, 1.807) is 11.3 Å². The molecule has 2 amide bonds. The smallest absolute Gasteiger partial charge is 0.236 e. The predicted molar refractivity (Wildman–Crippen MR) is 75.1 cm³/mol. The molecule has 0 aromatic carbocycles. The molecule has 3 nitrogen and oxygen atoms in total. The number of thiophene rings is 1. The van der Waals surface area contributed by atoms with Gasteiger partial charge in [-0.05, 0) is 45.8 Å². The molecule has 18 heavy (non-hydrogen) atoms. The highest BCUT2D eigenvalue weighted by Gasteiger charge is 2.49. The summed E-state index contributed by atoms with van der Waals surface area (Å²) >= 11 is 4.95. The van der Waals surface area contributed by atoms with Crippen LogP contribution in [-0.4, -0.2) is 16.7 Å². The van der Waals surface area contributed by atoms with E-state index in [0.717, 1.165) is 9.35 Å². The van der Waals surface area contributed by atoms with Crippen molar-refractivity contribution in [1.82, 2.24) is 4.90 Å². The van der Waals surface area contributed by atoms with E-state index in [9.17, 15) is 9.59 Å². The van der Waals surface area contributed by atoms with E-state index in [0.29, 0.717) is 13.0 Å². The Morgan fingerprint density at radius 3 is 2.61 bits per heavy atom. The van der Waals surface area contributed by atoms with Gasteiger partial charge in [-0.1, -0.05) is 13.8 Å². The molecule has 1 aliphatic heterocycles. The maximum atomic E-state index is 12.4. The van der Waals surface area contributed by atoms with Gasteiger partial charge in [0.25, 0.3) is 0 Å². The average molecular weight is 330 g/mol. The van der Waals surface area contributed by atoms with Gasteiger partial charge in [0.05, 0.1) is 15.7 Å². The molecule has 2 heterocycles. The fourth-order valence-corrected chi connectivity index (χ4v) is 3.33. The molecule has 0 aliphatic carbocycles. The van der Waals surface area contributed by atoms with Crippen molar-refractivity contribution in [3.8, 4) is 0 Å². The van der Waals surface area contributed by atoms with Crippen molar-refractivity contribution in [1.29, 1.82) is 0 Å². The van der Waals surface area contributed by atoms with Gasteiger partial charge in [0.1, 0.15) is 0 Å². The SMILES string of the molecule is CC(C)C1(C)CC(=O)N(Cc2csc(Br)c2)C1=O. The Morgan fingerprint density at radius 1 is 1.50 bits per heavy atom. The van der Waals surface area contributed by atoms with Crippen LogP contribution in [-0.2, 0) is 16.1 Å². The molecule has 0 N–H and O–H groups in total. The highest BCUT2D eigenvalue weighted by atomic mass is 79.9. The lowest BCUT2D eigenvalue weighted by molar-refractivity contribution is -0.142. The first-order valence-electron chi connectivity index (χ1n) is 5.92. The van der Waals surface area contributed by atoms with Gasteiger partial charge in [0.15, 0.2) is 0 Å². The third-order valence-corrected chi connectivity index (χ3v) is 5.34. The van der Waals surface area contributed by atoms with Crippen LogP contribution in [0.1, 0.15) is 32.8 Å². The maximum absolute atomic E-state index is 12.4. The molecular weight excluding hydrogens is 314 g/mol. The summed E-state index contributed by atoms with van der Waals surface area (Å²) in [5, 5.41) is 1.97. The lowest BCUT2D eigenvalue weighted by Gasteiger charge is -2.25. The van der Waals surface area contributed by atoms with Gasteiger partial charge < -0.3 is 0 Å². The van der Waals surface area contributed by atoms with Crippen LogP contribution in [0.15, 0.2) is 15.2 Å². The van der Waals surface area contributed by atoms with Crippen LogP contribution in [0.2, 0.25) is 0 Å². The zero-order valence-corrected chi connectivity index (χ0v) is 13.1. The van der Waals surface area contributed by atoms with Gasteiger partial charge in [-0.25, -0.2) is 0 Å². The van der Waals surface area contributed by atoms with Crippen molar-refractivity contribution in [3.63, 3.8) is 0 Å². The molecule has 1 fully saturated rings. The number of hydrogen-bond donors (Lipinski definition) is 0. The highest BCUT2D eigenvalue weighted by molar-refractivity contribution is 9.11. The first kappa shape index (κ1) is 13.7. The van der Waals surface area contributed by atoms with E-state index in [1.807, 2.05) is 32.2 Å². The third kappa shape index (κ3) is 2.26. The Bertz CT molecular complexity index is 497. The Hall–Kier alpha value is -0.680. The predicted octanol–water partition coefficient (Wildman–Crippen LogP) is 3.43. The fraction of sp³-hybridized carbons (Fsp3) is 0.538. The van der Waals surface area contributed by atoms with E-state index in [2.05, 4.69) is 15.9 Å². The molecular formula is C13H16BrNO2S. The topological polar surface area (TPSA) is 37.4 Å². The Kier molecular flexibility index (Phi) is 3.65. The van der Waals surface area contributed by atoms with Crippen molar-refractivity contribution in [3.05, 3.63) is 20.8 Å². The van der Waals surface area contributed by atoms with Crippen LogP contribution < -0.4 is 0 Å². The lowest BCUT2D eigenvalue weighted by atomic mass is 9.78. The summed E-state index contributed by atoms with van der Waals surface area (Å²) in [4.78, 5) is 25.8. The first-order chi connectivity index (χ1) is 8.34. The number of nitrogens with zero attached hydrogens (tertiary/aromatic N) is 1. The number of imide groups is 1. The number of likely N-dealkylation sites (tertiary alicyclic amines) is 1. The number of amides is 2. The molecule has 98 valence electrons. The second-order valence-corrected chi connectivity index (χ2v) is 7.58. The van der Waals surface area contributed by atoms with Gasteiger partial charge in [-0.2, -0.15) is 0 Å². The zero-order chi connectivity index (χ0) is 13.5. The van der Waals surface area contributed by atoms with Gasteiger partial charge >= 0.3 is 0 Å². The number of carbonyl (C=O) groups excluding carboxylic acids is 2. The lowest BCUT2D eigenvalue weighted by Crippen LogP contribution is -2.36. The quantitative estimate of drug-likeness (QED) is 0.796. The molecule has 0 radical (unpaired) electrons. The van der Waals surface area contributed by atoms with Crippen LogP contribution in [0.5, 0.6) is 0 Å². The van der Waals surface area contributed by atoms with E-state index in [1.165, 1.54) is 4.90 Å². The number of rotatable bonds is 3. The zero-order valence-electron chi connectivity index (χ0n) is 10.7. The summed E-state index contributed by atoms with van der Waals surface area (Å²) in [6.45, 7) is 6.27. The van der Waals surface area contributed by atoms with E-state index in [-0.39, 0.29) is 17.7 Å². The Morgan fingerprint density at radius 2 is 2.17 bits per heavy atom. The first-order valence-corrected chi connectivity index (χ1v) is 7.59. The van der Waals surface area contributed by atoms with Gasteiger partial charge in [0.2, 0.25) is 11.8 Å². The molecule has 1 unspecified atom stereocenters. The number of halogens is 1. The minimum atomic E-state index is -0.537. The second kappa shape index (κ2) is 4.78. The van der Waals surface area contributed by atoms with Gasteiger partial charge in [0, 0.05) is 6.42 Å². The third-order valence-electron chi connectivity index (χ3n) is 3.79. The van der Waals surface area contributed by atoms with Crippen molar-refractivity contribution in [2.75, 3.05) is 0 Å². The summed E-state index contributed by atoms with van der Waals surface area (Å²) in [6, 6.07) is 1.95. The normalized spacial score (nSPS) is 24.4. The van der Waals surface area contributed by atoms with Crippen LogP contribution in [0.3, 0.4) is 0 Å². The summed E-state index contributed by atoms with van der Waals surface area (Å²) in [7, 11) is 0. The average Bonchev–Trinajstić information content (AvgIpc) is 2.78. The Labute approximate surface area is 119 Å². The monoisotopic (exact) mass is 329 g/mol. The molecule has 0 bridgehead atoms. The molecule has 0 spiro atoms. The summed E-state index contributed by atoms with van der Waals surface area (Å²) in [5.74, 6) is 0.0801. The van der Waals surface area contributed by atoms with Crippen LogP contribution in [0.25, 0.3) is 0 Å². The molecule has 1 aromatic rings. The van der Waals surface area contributed by atoms with E-state index in [4.69, 9.17) is 0 Å². The summed E-state index contributed by atoms with van der Waals surface area (Å²) in [5.41, 5.74) is 0.464. The van der Waals surface area contributed by atoms with Crippen molar-refractivity contribution >= 4 is 39.1 Å². The second-order valence-electron chi connectivity index (χ2n) is 5.29. The summed E-state index contributed by atoms with van der Waals surface area (Å²) < 4.78 is 1.02. The van der Waals surface area contributed by atoms with Crippen LogP contribution in [0.4, 0.5) is 0 Å². The molecule has 0 saturated carbocycles. The fourth-order valence-electron chi connectivity index (χ4n) is 2.13. The van der Waals surface area contributed by atoms with Crippen LogP contribution >= 0.6 is 27.3 Å².